The van der Waals surface area contributed by atoms with Crippen LogP contribution in [-0.4, -0.2) is 50.0 Å². The zero-order valence-corrected chi connectivity index (χ0v) is 19.5. The van der Waals surface area contributed by atoms with Crippen molar-refractivity contribution in [1.29, 1.82) is 0 Å². The number of amides is 1. The zero-order chi connectivity index (χ0) is 23.6. The molecule has 7 rings (SSSR count). The average Bonchev–Trinajstić information content (AvgIpc) is 3.18. The van der Waals surface area contributed by atoms with Crippen LogP contribution in [0.25, 0.3) is 5.65 Å². The van der Waals surface area contributed by atoms with Gasteiger partial charge in [-0.05, 0) is 74.8 Å². The maximum Gasteiger partial charge on any atom is 0.329 e. The molecule has 8 heteroatoms. The molecule has 2 atom stereocenters. The summed E-state index contributed by atoms with van der Waals surface area (Å²) in [5.74, 6) is 1.35. The number of hydrogen-bond acceptors (Lipinski definition) is 6. The Morgan fingerprint density at radius 3 is 2.50 bits per heavy atom. The molecule has 4 aliphatic carbocycles. The molecule has 4 saturated carbocycles. The fraction of sp³-hybridized carbons (Fsp3) is 0.615. The first-order valence-electron chi connectivity index (χ1n) is 12.4. The summed E-state index contributed by atoms with van der Waals surface area (Å²) in [6.45, 7) is 1.89. The van der Waals surface area contributed by atoms with E-state index in [0.29, 0.717) is 29.1 Å². The highest BCUT2D eigenvalue weighted by Crippen LogP contribution is 2.60. The Morgan fingerprint density at radius 1 is 1.15 bits per heavy atom. The molecule has 0 spiro atoms. The van der Waals surface area contributed by atoms with E-state index >= 15 is 0 Å². The van der Waals surface area contributed by atoms with Crippen molar-refractivity contribution >= 4 is 17.5 Å². The lowest BCUT2D eigenvalue weighted by Gasteiger charge is -2.56. The summed E-state index contributed by atoms with van der Waals surface area (Å²) >= 11 is 0. The largest absolute Gasteiger partial charge is 0.458 e. The van der Waals surface area contributed by atoms with Crippen molar-refractivity contribution in [2.75, 3.05) is 6.54 Å². The van der Waals surface area contributed by atoms with Crippen LogP contribution in [0.2, 0.25) is 0 Å². The molecule has 34 heavy (non-hydrogen) atoms. The number of β-amino-alcohol motifs (C(OH)–C–C–N with tert-alkyl or cyclic N) is 1. The van der Waals surface area contributed by atoms with Crippen LogP contribution in [0, 0.1) is 30.1 Å². The molecule has 180 valence electrons. The zero-order valence-electron chi connectivity index (χ0n) is 19.5. The van der Waals surface area contributed by atoms with Gasteiger partial charge in [-0.2, -0.15) is 0 Å². The van der Waals surface area contributed by atoms with Gasteiger partial charge in [-0.3, -0.25) is 14.0 Å². The molecule has 1 saturated heterocycles. The molecule has 8 nitrogen and oxygen atoms in total. The summed E-state index contributed by atoms with van der Waals surface area (Å²) in [6, 6.07) is 4.22. The van der Waals surface area contributed by atoms with E-state index in [1.54, 1.807) is 17.2 Å². The van der Waals surface area contributed by atoms with Crippen molar-refractivity contribution in [1.82, 2.24) is 14.3 Å². The van der Waals surface area contributed by atoms with Gasteiger partial charge < -0.3 is 14.7 Å². The Kier molecular flexibility index (Phi) is 5.06. The van der Waals surface area contributed by atoms with E-state index in [4.69, 9.17) is 4.74 Å². The number of fused-ring (bicyclic) bond motifs is 1. The van der Waals surface area contributed by atoms with Crippen LogP contribution >= 0.6 is 0 Å². The number of esters is 1. The highest BCUT2D eigenvalue weighted by atomic mass is 16.5. The molecule has 2 unspecified atom stereocenters. The van der Waals surface area contributed by atoms with Crippen molar-refractivity contribution in [3.8, 4) is 0 Å². The number of rotatable bonds is 4. The van der Waals surface area contributed by atoms with Gasteiger partial charge in [-0.1, -0.05) is 6.07 Å². The Morgan fingerprint density at radius 2 is 1.82 bits per heavy atom. The van der Waals surface area contributed by atoms with E-state index in [1.165, 1.54) is 29.7 Å². The Bertz CT molecular complexity index is 1190. The third-order valence-electron chi connectivity index (χ3n) is 8.61. The predicted octanol–water partition coefficient (Wildman–Crippen LogP) is 2.22. The maximum absolute atomic E-state index is 13.8. The Labute approximate surface area is 197 Å². The summed E-state index contributed by atoms with van der Waals surface area (Å²) in [5, 5.41) is 10.4. The lowest BCUT2D eigenvalue weighted by Crippen LogP contribution is -2.56. The van der Waals surface area contributed by atoms with Crippen molar-refractivity contribution in [2.45, 2.75) is 70.6 Å². The minimum atomic E-state index is -0.793. The van der Waals surface area contributed by atoms with Crippen molar-refractivity contribution in [3.63, 3.8) is 0 Å². The number of aliphatic hydroxyl groups is 1. The smallest absolute Gasteiger partial charge is 0.329 e. The highest BCUT2D eigenvalue weighted by molar-refractivity contribution is 5.89. The number of carbonyl (C=O) groups excluding carboxylic acids is 2. The molecule has 1 aliphatic heterocycles. The average molecular weight is 466 g/mol. The van der Waals surface area contributed by atoms with Gasteiger partial charge in [0.15, 0.2) is 0 Å². The summed E-state index contributed by atoms with van der Waals surface area (Å²) in [4.78, 5) is 45.4. The standard InChI is InChI=1S/C26H31N3O5/c1-15-3-2-4-28-22(31)8-19(27-23(15)28)14-34-24(32)21-9-20(30)13-29(21)25(33)26-10-16-5-17(11-26)7-18(6-16)12-26/h2-4,8,16-18,20-21,30H,5-7,9-14H2,1H3. The van der Waals surface area contributed by atoms with Gasteiger partial charge in [0.25, 0.3) is 5.56 Å². The van der Waals surface area contributed by atoms with Gasteiger partial charge in [-0.25, -0.2) is 9.78 Å². The highest BCUT2D eigenvalue weighted by Gasteiger charge is 2.57. The number of aromatic nitrogens is 2. The molecule has 1 N–H and O–H groups in total. The number of aliphatic hydroxyl groups excluding tert-OH is 1. The van der Waals surface area contributed by atoms with Crippen LogP contribution < -0.4 is 5.56 Å². The van der Waals surface area contributed by atoms with Gasteiger partial charge in [-0.15, -0.1) is 0 Å². The summed E-state index contributed by atoms with van der Waals surface area (Å²) in [6.07, 6.45) is 7.55. The van der Waals surface area contributed by atoms with Gasteiger partial charge in [0.2, 0.25) is 5.91 Å². The fourth-order valence-corrected chi connectivity index (χ4v) is 7.56. The van der Waals surface area contributed by atoms with Crippen molar-refractivity contribution in [3.05, 3.63) is 46.0 Å². The lowest BCUT2D eigenvalue weighted by molar-refractivity contribution is -0.166. The van der Waals surface area contributed by atoms with Gasteiger partial charge in [0, 0.05) is 25.2 Å². The predicted molar refractivity (Wildman–Crippen MR) is 123 cm³/mol. The van der Waals surface area contributed by atoms with Crippen molar-refractivity contribution in [2.24, 2.45) is 23.2 Å². The molecular weight excluding hydrogens is 434 g/mol. The topological polar surface area (TPSA) is 101 Å². The number of nitrogens with zero attached hydrogens (tertiary/aromatic N) is 3. The Hall–Kier alpha value is -2.74. The molecule has 5 aliphatic rings. The van der Waals surface area contributed by atoms with Crippen LogP contribution in [0.4, 0.5) is 0 Å². The second-order valence-corrected chi connectivity index (χ2v) is 11.1. The number of carbonyl (C=O) groups is 2. The molecule has 4 bridgehead atoms. The third-order valence-corrected chi connectivity index (χ3v) is 8.61. The monoisotopic (exact) mass is 465 g/mol. The Balaban J connectivity index is 1.19. The minimum absolute atomic E-state index is 0.0304. The van der Waals surface area contributed by atoms with Crippen molar-refractivity contribution < 1.29 is 19.4 Å². The summed E-state index contributed by atoms with van der Waals surface area (Å²) in [5.41, 5.74) is 1.12. The normalized spacial score (nSPS) is 34.1. The van der Waals surface area contributed by atoms with Crippen LogP contribution in [-0.2, 0) is 20.9 Å². The molecule has 0 aromatic carbocycles. The molecule has 5 fully saturated rings. The molecule has 3 heterocycles. The van der Waals surface area contributed by atoms with Gasteiger partial charge in [0.05, 0.1) is 17.2 Å². The van der Waals surface area contributed by atoms with E-state index in [0.717, 1.165) is 24.8 Å². The number of aryl methyl sites for hydroxylation is 1. The molecule has 2 aromatic heterocycles. The molecule has 1 amide bonds. The third kappa shape index (κ3) is 3.54. The number of ether oxygens (including phenoxy) is 1. The maximum atomic E-state index is 13.8. The number of hydrogen-bond donors (Lipinski definition) is 1. The molecule has 2 aromatic rings. The van der Waals surface area contributed by atoms with E-state index in [9.17, 15) is 19.5 Å². The lowest BCUT2D eigenvalue weighted by atomic mass is 9.49. The summed E-state index contributed by atoms with van der Waals surface area (Å²) < 4.78 is 7.01. The quantitative estimate of drug-likeness (QED) is 0.695. The second-order valence-electron chi connectivity index (χ2n) is 11.1. The fourth-order valence-electron chi connectivity index (χ4n) is 7.56. The van der Waals surface area contributed by atoms with Crippen LogP contribution in [0.1, 0.15) is 56.2 Å². The van der Waals surface area contributed by atoms with E-state index in [2.05, 4.69) is 4.98 Å². The number of pyridine rings is 1. The molecule has 0 radical (unpaired) electrons. The van der Waals surface area contributed by atoms with E-state index < -0.39 is 18.1 Å². The van der Waals surface area contributed by atoms with Crippen LogP contribution in [0.5, 0.6) is 0 Å². The van der Waals surface area contributed by atoms with Gasteiger partial charge in [0.1, 0.15) is 18.3 Å². The van der Waals surface area contributed by atoms with E-state index in [1.807, 2.05) is 13.0 Å². The van der Waals surface area contributed by atoms with Crippen LogP contribution in [0.3, 0.4) is 0 Å². The van der Waals surface area contributed by atoms with Gasteiger partial charge >= 0.3 is 5.97 Å². The number of likely N-dealkylation sites (tertiary alicyclic amines) is 1. The first-order chi connectivity index (χ1) is 16.3. The summed E-state index contributed by atoms with van der Waals surface area (Å²) in [7, 11) is 0. The first-order valence-corrected chi connectivity index (χ1v) is 12.4. The molecular formula is C26H31N3O5. The minimum Gasteiger partial charge on any atom is -0.458 e. The van der Waals surface area contributed by atoms with E-state index in [-0.39, 0.29) is 36.5 Å². The van der Waals surface area contributed by atoms with Crippen LogP contribution in [0.15, 0.2) is 29.2 Å². The SMILES string of the molecule is Cc1cccn2c(=O)cc(COC(=O)C3CC(O)CN3C(=O)C34CC5CC(CC(C5)C3)C4)nc12. The second kappa shape index (κ2) is 7.90. The first kappa shape index (κ1) is 21.8.